The van der Waals surface area contributed by atoms with Gasteiger partial charge in [0.1, 0.15) is 10.7 Å². The van der Waals surface area contributed by atoms with Gasteiger partial charge in [0.25, 0.3) is 5.56 Å². The number of thiophene rings is 1. The van der Waals surface area contributed by atoms with E-state index in [1.807, 2.05) is 27.7 Å². The monoisotopic (exact) mass is 498 g/mol. The number of nitrogens with one attached hydrogen (secondary N) is 2. The Hall–Kier alpha value is -2.49. The van der Waals surface area contributed by atoms with Crippen LogP contribution in [0, 0.1) is 20.8 Å². The number of aromatic nitrogens is 3. The molecule has 0 aliphatic heterocycles. The first kappa shape index (κ1) is 23.7. The van der Waals surface area contributed by atoms with Crippen LogP contribution < -0.4 is 10.9 Å². The van der Waals surface area contributed by atoms with Crippen LogP contribution in [0.15, 0.2) is 34.4 Å². The predicted molar refractivity (Wildman–Crippen MR) is 139 cm³/mol. The first-order chi connectivity index (χ1) is 15.8. The number of amides is 1. The van der Waals surface area contributed by atoms with E-state index in [1.54, 1.807) is 11.3 Å². The molecule has 0 spiro atoms. The van der Waals surface area contributed by atoms with E-state index in [2.05, 4.69) is 49.9 Å². The molecule has 0 aliphatic carbocycles. The minimum atomic E-state index is -0.243. The quantitative estimate of drug-likeness (QED) is 0.356. The van der Waals surface area contributed by atoms with Crippen LogP contribution in [0.25, 0.3) is 21.5 Å². The molecule has 4 aromatic rings. The van der Waals surface area contributed by atoms with Gasteiger partial charge in [-0.1, -0.05) is 24.3 Å². The minimum absolute atomic E-state index is 0.0131. The van der Waals surface area contributed by atoms with Crippen LogP contribution in [0.3, 0.4) is 0 Å². The Bertz CT molecular complexity index is 1340. The van der Waals surface area contributed by atoms with Crippen molar-refractivity contribution in [2.45, 2.75) is 45.1 Å². The molecule has 1 aromatic carbocycles. The normalized spacial score (nSPS) is 12.2. The molecule has 6 nitrogen and oxygen atoms in total. The van der Waals surface area contributed by atoms with Crippen LogP contribution >= 0.6 is 34.4 Å². The highest BCUT2D eigenvalue weighted by Gasteiger charge is 2.16. The van der Waals surface area contributed by atoms with Crippen LogP contribution in [0.1, 0.15) is 33.8 Å². The molecule has 0 radical (unpaired) electrons. The highest BCUT2D eigenvalue weighted by molar-refractivity contribution is 7.99. The van der Waals surface area contributed by atoms with E-state index in [-0.39, 0.29) is 16.7 Å². The van der Waals surface area contributed by atoms with Crippen LogP contribution in [-0.4, -0.2) is 32.7 Å². The maximum absolute atomic E-state index is 12.5. The average Bonchev–Trinajstić information content (AvgIpc) is 3.35. The maximum Gasteiger partial charge on any atom is 0.259 e. The molecule has 0 saturated heterocycles. The van der Waals surface area contributed by atoms with Crippen molar-refractivity contribution < 1.29 is 4.79 Å². The fraction of sp³-hybridized carbons (Fsp3) is 0.333. The number of rotatable bonds is 8. The summed E-state index contributed by atoms with van der Waals surface area (Å²) in [6.07, 6.45) is 0.766. The van der Waals surface area contributed by atoms with E-state index < -0.39 is 0 Å². The van der Waals surface area contributed by atoms with Gasteiger partial charge in [0.15, 0.2) is 0 Å². The minimum Gasteiger partial charge on any atom is -0.355 e. The van der Waals surface area contributed by atoms with Gasteiger partial charge in [-0.3, -0.25) is 9.59 Å². The Morgan fingerprint density at radius 2 is 1.94 bits per heavy atom. The number of carbonyl (C=O) groups is 1. The zero-order valence-corrected chi connectivity index (χ0v) is 21.5. The van der Waals surface area contributed by atoms with Crippen molar-refractivity contribution in [3.63, 3.8) is 0 Å². The highest BCUT2D eigenvalue weighted by Crippen LogP contribution is 2.26. The van der Waals surface area contributed by atoms with Gasteiger partial charge in [0, 0.05) is 22.4 Å². The van der Waals surface area contributed by atoms with E-state index in [0.29, 0.717) is 23.5 Å². The van der Waals surface area contributed by atoms with Crippen molar-refractivity contribution in [2.75, 3.05) is 6.54 Å². The van der Waals surface area contributed by atoms with Gasteiger partial charge in [-0.25, -0.2) is 9.97 Å². The van der Waals surface area contributed by atoms with Crippen molar-refractivity contribution >= 4 is 50.6 Å². The summed E-state index contributed by atoms with van der Waals surface area (Å²) in [5.74, 6) is 1.07. The standard InChI is InChI=1S/C24H26N4O2S3/c1-13-14(2)33-24-21(13)23(30)27-20(28-24)12-31-15(3)22(29)25-10-9-17-5-7-18(8-6-17)19-11-32-16(4)26-19/h5-8,11,15H,9-10,12H2,1-4H3,(H,25,29)(H,27,28,30). The summed E-state index contributed by atoms with van der Waals surface area (Å²) >= 11 is 4.65. The third-order valence-corrected chi connectivity index (χ3v) is 8.54. The summed E-state index contributed by atoms with van der Waals surface area (Å²) in [7, 11) is 0. The number of H-pyrrole nitrogens is 1. The zero-order chi connectivity index (χ0) is 23.5. The lowest BCUT2D eigenvalue weighted by Gasteiger charge is -2.12. The highest BCUT2D eigenvalue weighted by atomic mass is 32.2. The number of aromatic amines is 1. The number of aryl methyl sites for hydroxylation is 3. The average molecular weight is 499 g/mol. The molecule has 2 N–H and O–H groups in total. The molecule has 1 atom stereocenters. The SMILES string of the molecule is Cc1nc(-c2ccc(CCNC(=O)C(C)SCc3nc4sc(C)c(C)c4c(=O)[nH]3)cc2)cs1. The molecule has 0 bridgehead atoms. The van der Waals surface area contributed by atoms with Crippen molar-refractivity contribution in [3.8, 4) is 11.3 Å². The van der Waals surface area contributed by atoms with Gasteiger partial charge in [-0.05, 0) is 45.2 Å². The molecule has 3 aromatic heterocycles. The van der Waals surface area contributed by atoms with Gasteiger partial charge in [0.2, 0.25) is 5.91 Å². The summed E-state index contributed by atoms with van der Waals surface area (Å²) in [4.78, 5) is 38.7. The van der Waals surface area contributed by atoms with Crippen LogP contribution in [-0.2, 0) is 17.0 Å². The zero-order valence-electron chi connectivity index (χ0n) is 19.0. The largest absolute Gasteiger partial charge is 0.355 e. The number of thiazole rings is 1. The summed E-state index contributed by atoms with van der Waals surface area (Å²) in [6.45, 7) is 8.40. The first-order valence-corrected chi connectivity index (χ1v) is 13.5. The van der Waals surface area contributed by atoms with Crippen molar-refractivity contribution in [2.24, 2.45) is 0 Å². The third-order valence-electron chi connectivity index (χ3n) is 5.51. The Kier molecular flexibility index (Phi) is 7.31. The molecule has 0 aliphatic rings. The Morgan fingerprint density at radius 1 is 1.18 bits per heavy atom. The number of nitrogens with zero attached hydrogens (tertiary/aromatic N) is 2. The summed E-state index contributed by atoms with van der Waals surface area (Å²) < 4.78 is 0. The molecule has 0 fully saturated rings. The lowest BCUT2D eigenvalue weighted by atomic mass is 10.1. The lowest BCUT2D eigenvalue weighted by Crippen LogP contribution is -2.32. The van der Waals surface area contributed by atoms with Crippen LogP contribution in [0.5, 0.6) is 0 Å². The summed E-state index contributed by atoms with van der Waals surface area (Å²) in [5.41, 5.74) is 4.16. The van der Waals surface area contributed by atoms with E-state index in [0.717, 1.165) is 38.0 Å². The first-order valence-electron chi connectivity index (χ1n) is 10.7. The molecular formula is C24H26N4O2S3. The maximum atomic E-state index is 12.5. The van der Waals surface area contributed by atoms with Gasteiger partial charge >= 0.3 is 0 Å². The second-order valence-corrected chi connectivity index (χ2v) is 11.5. The predicted octanol–water partition coefficient (Wildman–Crippen LogP) is 5.01. The number of fused-ring (bicyclic) bond motifs is 1. The van der Waals surface area contributed by atoms with E-state index in [1.165, 1.54) is 28.7 Å². The van der Waals surface area contributed by atoms with Gasteiger partial charge in [-0.2, -0.15) is 0 Å². The Labute approximate surface area is 204 Å². The third kappa shape index (κ3) is 5.54. The van der Waals surface area contributed by atoms with Gasteiger partial charge in [-0.15, -0.1) is 34.4 Å². The lowest BCUT2D eigenvalue weighted by molar-refractivity contribution is -0.120. The smallest absolute Gasteiger partial charge is 0.259 e. The topological polar surface area (TPSA) is 87.7 Å². The number of benzene rings is 1. The molecule has 172 valence electrons. The molecular weight excluding hydrogens is 472 g/mol. The Morgan fingerprint density at radius 3 is 2.64 bits per heavy atom. The fourth-order valence-electron chi connectivity index (χ4n) is 3.46. The fourth-order valence-corrected chi connectivity index (χ4v) is 5.91. The molecule has 33 heavy (non-hydrogen) atoms. The van der Waals surface area contributed by atoms with Crippen molar-refractivity contribution in [1.82, 2.24) is 20.3 Å². The number of hydrogen-bond acceptors (Lipinski definition) is 7. The van der Waals surface area contributed by atoms with Gasteiger partial charge in [0.05, 0.1) is 27.1 Å². The Balaban J connectivity index is 1.26. The molecule has 4 rings (SSSR count). The van der Waals surface area contributed by atoms with E-state index in [9.17, 15) is 9.59 Å². The van der Waals surface area contributed by atoms with Crippen molar-refractivity contribution in [1.29, 1.82) is 0 Å². The number of carbonyl (C=O) groups excluding carboxylic acids is 1. The van der Waals surface area contributed by atoms with Gasteiger partial charge < -0.3 is 10.3 Å². The second kappa shape index (κ2) is 10.2. The van der Waals surface area contributed by atoms with Crippen LogP contribution in [0.2, 0.25) is 0 Å². The number of thioether (sulfide) groups is 1. The summed E-state index contributed by atoms with van der Waals surface area (Å²) in [6, 6.07) is 8.32. The second-order valence-electron chi connectivity index (χ2n) is 7.92. The van der Waals surface area contributed by atoms with Crippen molar-refractivity contribution in [3.05, 3.63) is 66.8 Å². The molecule has 1 amide bonds. The molecule has 1 unspecified atom stereocenters. The molecule has 3 heterocycles. The molecule has 0 saturated carbocycles. The molecule has 9 heteroatoms. The van der Waals surface area contributed by atoms with E-state index in [4.69, 9.17) is 0 Å². The van der Waals surface area contributed by atoms with Crippen LogP contribution in [0.4, 0.5) is 0 Å². The van der Waals surface area contributed by atoms with E-state index >= 15 is 0 Å². The summed E-state index contributed by atoms with van der Waals surface area (Å²) in [5, 5.41) is 6.56. The number of hydrogen-bond donors (Lipinski definition) is 2.